The zero-order chi connectivity index (χ0) is 14.6. The van der Waals surface area contributed by atoms with Crippen molar-refractivity contribution in [2.24, 2.45) is 4.99 Å². The Morgan fingerprint density at radius 3 is 2.48 bits per heavy atom. The Kier molecular flexibility index (Phi) is 13.6. The van der Waals surface area contributed by atoms with Crippen LogP contribution in [0, 0.1) is 0 Å². The lowest BCUT2D eigenvalue weighted by atomic mass is 10.1. The predicted octanol–water partition coefficient (Wildman–Crippen LogP) is 3.22. The number of nitrogens with zero attached hydrogens (tertiary/aromatic N) is 2. The zero-order valence-electron chi connectivity index (χ0n) is 14.2. The smallest absolute Gasteiger partial charge is 0.191 e. The average molecular weight is 410 g/mol. The van der Waals surface area contributed by atoms with E-state index >= 15 is 0 Å². The van der Waals surface area contributed by atoms with Crippen molar-refractivity contribution in [1.82, 2.24) is 15.5 Å². The van der Waals surface area contributed by atoms with Gasteiger partial charge in [-0.3, -0.25) is 4.99 Å². The molecule has 2 N–H and O–H groups in total. The molecule has 1 aliphatic rings. The van der Waals surface area contributed by atoms with E-state index in [-0.39, 0.29) is 24.0 Å². The fraction of sp³-hybridized carbons (Fsp3) is 0.938. The molecular weight excluding hydrogens is 375 g/mol. The topological polar surface area (TPSA) is 39.7 Å². The van der Waals surface area contributed by atoms with Gasteiger partial charge in [0.2, 0.25) is 0 Å². The summed E-state index contributed by atoms with van der Waals surface area (Å²) in [5.74, 6) is 0.940. The van der Waals surface area contributed by atoms with E-state index in [2.05, 4.69) is 34.4 Å². The quantitative estimate of drug-likeness (QED) is 0.279. The van der Waals surface area contributed by atoms with E-state index in [4.69, 9.17) is 0 Å². The molecule has 126 valence electrons. The molecule has 1 aliphatic heterocycles. The summed E-state index contributed by atoms with van der Waals surface area (Å²) in [6.45, 7) is 9.33. The molecule has 21 heavy (non-hydrogen) atoms. The lowest BCUT2D eigenvalue weighted by Crippen LogP contribution is -2.42. The summed E-state index contributed by atoms with van der Waals surface area (Å²) in [6, 6.07) is 0.486. The number of piperidine rings is 1. The molecule has 0 aromatic heterocycles. The average Bonchev–Trinajstić information content (AvgIpc) is 2.50. The first-order chi connectivity index (χ1) is 9.76. The Morgan fingerprint density at radius 1 is 1.14 bits per heavy atom. The number of hydrogen-bond donors (Lipinski definition) is 2. The van der Waals surface area contributed by atoms with Gasteiger partial charge in [-0.25, -0.2) is 0 Å². The van der Waals surface area contributed by atoms with Gasteiger partial charge in [0, 0.05) is 19.6 Å². The third-order valence-electron chi connectivity index (χ3n) is 4.11. The lowest BCUT2D eigenvalue weighted by molar-refractivity contribution is 0.224. The van der Waals surface area contributed by atoms with Crippen molar-refractivity contribution >= 4 is 29.9 Å². The molecule has 0 amide bonds. The Balaban J connectivity index is 0.00000400. The summed E-state index contributed by atoms with van der Waals surface area (Å²) in [4.78, 5) is 6.88. The highest BCUT2D eigenvalue weighted by molar-refractivity contribution is 14.0. The first kappa shape index (κ1) is 21.0. The summed E-state index contributed by atoms with van der Waals surface area (Å²) in [6.07, 6.45) is 9.23. The van der Waals surface area contributed by atoms with E-state index < -0.39 is 0 Å². The van der Waals surface area contributed by atoms with Crippen LogP contribution < -0.4 is 10.6 Å². The largest absolute Gasteiger partial charge is 0.356 e. The van der Waals surface area contributed by atoms with Gasteiger partial charge in [0.15, 0.2) is 5.96 Å². The normalized spacial score (nSPS) is 18.0. The highest BCUT2D eigenvalue weighted by atomic mass is 127. The van der Waals surface area contributed by atoms with E-state index in [1.54, 1.807) is 0 Å². The maximum Gasteiger partial charge on any atom is 0.191 e. The van der Waals surface area contributed by atoms with Crippen LogP contribution in [-0.4, -0.2) is 50.1 Å². The van der Waals surface area contributed by atoms with Gasteiger partial charge in [-0.05, 0) is 58.7 Å². The third kappa shape index (κ3) is 10.3. The molecule has 1 atom stereocenters. The molecule has 0 radical (unpaired) electrons. The molecule has 0 aromatic rings. The summed E-state index contributed by atoms with van der Waals surface area (Å²) >= 11 is 0. The van der Waals surface area contributed by atoms with Gasteiger partial charge in [0.1, 0.15) is 0 Å². The van der Waals surface area contributed by atoms with Crippen molar-refractivity contribution < 1.29 is 0 Å². The number of likely N-dealkylation sites (tertiary alicyclic amines) is 1. The molecule has 0 aliphatic carbocycles. The van der Waals surface area contributed by atoms with Crippen LogP contribution in [0.25, 0.3) is 0 Å². The van der Waals surface area contributed by atoms with Crippen LogP contribution in [-0.2, 0) is 0 Å². The van der Waals surface area contributed by atoms with Crippen molar-refractivity contribution in [2.45, 2.75) is 64.8 Å². The highest BCUT2D eigenvalue weighted by Crippen LogP contribution is 2.09. The zero-order valence-corrected chi connectivity index (χ0v) is 16.5. The second-order valence-electron chi connectivity index (χ2n) is 5.92. The molecule has 0 spiro atoms. The minimum Gasteiger partial charge on any atom is -0.356 e. The van der Waals surface area contributed by atoms with E-state index in [9.17, 15) is 0 Å². The van der Waals surface area contributed by atoms with E-state index in [1.807, 2.05) is 7.05 Å². The van der Waals surface area contributed by atoms with E-state index in [0.717, 1.165) is 18.9 Å². The van der Waals surface area contributed by atoms with E-state index in [0.29, 0.717) is 6.04 Å². The first-order valence-electron chi connectivity index (χ1n) is 8.45. The molecule has 1 rings (SSSR count). The molecular formula is C16H35IN4. The van der Waals surface area contributed by atoms with Crippen LogP contribution in [0.3, 0.4) is 0 Å². The Morgan fingerprint density at radius 2 is 1.86 bits per heavy atom. The molecule has 0 saturated carbocycles. The van der Waals surface area contributed by atoms with Crippen molar-refractivity contribution in [3.63, 3.8) is 0 Å². The molecule has 1 fully saturated rings. The molecule has 0 aromatic carbocycles. The number of halogens is 1. The SMILES string of the molecule is CCC(C)NC(=NC)NCCCCCN1CCCCC1.I. The van der Waals surface area contributed by atoms with Gasteiger partial charge in [0.25, 0.3) is 0 Å². The molecule has 1 heterocycles. The summed E-state index contributed by atoms with van der Waals surface area (Å²) in [5, 5.41) is 6.79. The first-order valence-corrected chi connectivity index (χ1v) is 8.45. The van der Waals surface area contributed by atoms with Crippen LogP contribution in [0.5, 0.6) is 0 Å². The van der Waals surface area contributed by atoms with Crippen LogP contribution in [0.2, 0.25) is 0 Å². The van der Waals surface area contributed by atoms with Gasteiger partial charge in [-0.1, -0.05) is 19.8 Å². The molecule has 0 bridgehead atoms. The van der Waals surface area contributed by atoms with Gasteiger partial charge in [0.05, 0.1) is 0 Å². The Labute approximate surface area is 148 Å². The van der Waals surface area contributed by atoms with Crippen molar-refractivity contribution in [3.8, 4) is 0 Å². The monoisotopic (exact) mass is 410 g/mol. The second kappa shape index (κ2) is 13.6. The predicted molar refractivity (Wildman–Crippen MR) is 104 cm³/mol. The molecule has 4 nitrogen and oxygen atoms in total. The molecule has 5 heteroatoms. The van der Waals surface area contributed by atoms with Crippen molar-refractivity contribution in [1.29, 1.82) is 0 Å². The standard InChI is InChI=1S/C16H34N4.HI/c1-4-15(2)19-16(17-3)18-11-7-5-8-12-20-13-9-6-10-14-20;/h15H,4-14H2,1-3H3,(H2,17,18,19);1H. The van der Waals surface area contributed by atoms with Gasteiger partial charge in [-0.15, -0.1) is 24.0 Å². The summed E-state index contributed by atoms with van der Waals surface area (Å²) in [7, 11) is 1.84. The van der Waals surface area contributed by atoms with Crippen molar-refractivity contribution in [3.05, 3.63) is 0 Å². The Bertz CT molecular complexity index is 265. The number of rotatable bonds is 8. The summed E-state index contributed by atoms with van der Waals surface area (Å²) in [5.41, 5.74) is 0. The van der Waals surface area contributed by atoms with Crippen LogP contribution >= 0.6 is 24.0 Å². The fourth-order valence-electron chi connectivity index (χ4n) is 2.56. The molecule has 1 saturated heterocycles. The second-order valence-corrected chi connectivity index (χ2v) is 5.92. The van der Waals surface area contributed by atoms with Crippen molar-refractivity contribution in [2.75, 3.05) is 33.2 Å². The summed E-state index contributed by atoms with van der Waals surface area (Å²) < 4.78 is 0. The fourth-order valence-corrected chi connectivity index (χ4v) is 2.56. The maximum absolute atomic E-state index is 4.25. The minimum absolute atomic E-state index is 0. The van der Waals surface area contributed by atoms with Gasteiger partial charge >= 0.3 is 0 Å². The minimum atomic E-state index is 0. The number of hydrogen-bond acceptors (Lipinski definition) is 2. The highest BCUT2D eigenvalue weighted by Gasteiger charge is 2.08. The number of nitrogens with one attached hydrogen (secondary N) is 2. The lowest BCUT2D eigenvalue weighted by Gasteiger charge is -2.26. The maximum atomic E-state index is 4.25. The Hall–Kier alpha value is -0.0400. The third-order valence-corrected chi connectivity index (χ3v) is 4.11. The van der Waals surface area contributed by atoms with E-state index in [1.165, 1.54) is 58.2 Å². The van der Waals surface area contributed by atoms with Gasteiger partial charge < -0.3 is 15.5 Å². The van der Waals surface area contributed by atoms with Crippen LogP contribution in [0.15, 0.2) is 4.99 Å². The number of aliphatic imine (C=N–C) groups is 1. The number of unbranched alkanes of at least 4 members (excludes halogenated alkanes) is 2. The van der Waals surface area contributed by atoms with Crippen LogP contribution in [0.1, 0.15) is 58.8 Å². The van der Waals surface area contributed by atoms with Crippen LogP contribution in [0.4, 0.5) is 0 Å². The van der Waals surface area contributed by atoms with Gasteiger partial charge in [-0.2, -0.15) is 0 Å². The number of guanidine groups is 1. The molecule has 1 unspecified atom stereocenters.